The Balaban J connectivity index is 1.55. The lowest BCUT2D eigenvalue weighted by Gasteiger charge is -2.59. The van der Waals surface area contributed by atoms with Gasteiger partial charge in [-0.2, -0.15) is 0 Å². The molecule has 1 aromatic carbocycles. The molecule has 0 saturated heterocycles. The molecule has 1 aromatic rings. The van der Waals surface area contributed by atoms with Crippen molar-refractivity contribution in [2.45, 2.75) is 56.4 Å². The molecule has 0 aromatic heterocycles. The van der Waals surface area contributed by atoms with Crippen LogP contribution >= 0.6 is 0 Å². The average molecular weight is 407 g/mol. The number of nitro groups is 1. The molecule has 28 heavy (non-hydrogen) atoms. The number of sulfone groups is 1. The number of nitrogens with one attached hydrogen (secondary N) is 1. The Morgan fingerprint density at radius 1 is 1.18 bits per heavy atom. The highest BCUT2D eigenvalue weighted by Crippen LogP contribution is 2.61. The van der Waals surface area contributed by atoms with Crippen molar-refractivity contribution in [2.75, 3.05) is 6.26 Å². The van der Waals surface area contributed by atoms with Crippen LogP contribution < -0.4 is 5.32 Å². The SMILES string of the molecule is CC(NC(=O)c1ccc(S(C)(=O)=O)c([N+](=O)[O-])c1)C12CC3CC(CC(C3)C1)C2. The molecule has 1 atom stereocenters. The molecule has 1 unspecified atom stereocenters. The van der Waals surface area contributed by atoms with Crippen molar-refractivity contribution < 1.29 is 18.1 Å². The van der Waals surface area contributed by atoms with E-state index >= 15 is 0 Å². The summed E-state index contributed by atoms with van der Waals surface area (Å²) in [5.41, 5.74) is -0.309. The second-order valence-electron chi connectivity index (χ2n) is 9.19. The van der Waals surface area contributed by atoms with Crippen molar-refractivity contribution >= 4 is 21.4 Å². The number of hydrogen-bond donors (Lipinski definition) is 1. The zero-order valence-electron chi connectivity index (χ0n) is 16.2. The van der Waals surface area contributed by atoms with Gasteiger partial charge in [0.2, 0.25) is 0 Å². The van der Waals surface area contributed by atoms with E-state index in [9.17, 15) is 23.3 Å². The normalized spacial score (nSPS) is 32.1. The molecule has 4 bridgehead atoms. The first kappa shape index (κ1) is 19.4. The first-order chi connectivity index (χ1) is 13.1. The summed E-state index contributed by atoms with van der Waals surface area (Å²) in [6, 6.07) is 3.56. The summed E-state index contributed by atoms with van der Waals surface area (Å²) >= 11 is 0. The van der Waals surface area contributed by atoms with Gasteiger partial charge in [-0.15, -0.1) is 0 Å². The van der Waals surface area contributed by atoms with E-state index in [1.54, 1.807) is 0 Å². The maximum Gasteiger partial charge on any atom is 0.288 e. The molecular weight excluding hydrogens is 380 g/mol. The molecule has 4 fully saturated rings. The molecule has 5 rings (SSSR count). The quantitative estimate of drug-likeness (QED) is 0.596. The topological polar surface area (TPSA) is 106 Å². The van der Waals surface area contributed by atoms with Gasteiger partial charge in [-0.3, -0.25) is 14.9 Å². The molecule has 7 nitrogen and oxygen atoms in total. The van der Waals surface area contributed by atoms with E-state index in [4.69, 9.17) is 0 Å². The summed E-state index contributed by atoms with van der Waals surface area (Å²) < 4.78 is 23.5. The minimum absolute atomic E-state index is 0.0120. The highest BCUT2D eigenvalue weighted by molar-refractivity contribution is 7.90. The highest BCUT2D eigenvalue weighted by Gasteiger charge is 2.53. The number of rotatable bonds is 5. The molecular formula is C20H26N2O5S. The monoisotopic (exact) mass is 406 g/mol. The van der Waals surface area contributed by atoms with E-state index in [0.717, 1.165) is 55.4 Å². The number of nitro benzene ring substituents is 1. The van der Waals surface area contributed by atoms with E-state index in [0.29, 0.717) is 0 Å². The fourth-order valence-electron chi connectivity index (χ4n) is 6.26. The van der Waals surface area contributed by atoms with Crippen molar-refractivity contribution in [3.63, 3.8) is 0 Å². The lowest BCUT2D eigenvalue weighted by atomic mass is 9.48. The zero-order chi connectivity index (χ0) is 20.3. The van der Waals surface area contributed by atoms with Crippen molar-refractivity contribution in [2.24, 2.45) is 23.2 Å². The summed E-state index contributed by atoms with van der Waals surface area (Å²) in [6.07, 6.45) is 8.32. The van der Waals surface area contributed by atoms with Gasteiger partial charge in [0, 0.05) is 23.9 Å². The molecule has 0 radical (unpaired) electrons. The molecule has 4 aliphatic carbocycles. The first-order valence-corrected chi connectivity index (χ1v) is 11.8. The van der Waals surface area contributed by atoms with Crippen LogP contribution in [-0.2, 0) is 9.84 Å². The lowest BCUT2D eigenvalue weighted by molar-refractivity contribution is -0.387. The third kappa shape index (κ3) is 3.32. The number of hydrogen-bond acceptors (Lipinski definition) is 5. The van der Waals surface area contributed by atoms with Gasteiger partial charge in [-0.1, -0.05) is 0 Å². The Kier molecular flexibility index (Phi) is 4.52. The van der Waals surface area contributed by atoms with Crippen LogP contribution in [0.3, 0.4) is 0 Å². The van der Waals surface area contributed by atoms with E-state index in [-0.39, 0.29) is 27.8 Å². The van der Waals surface area contributed by atoms with E-state index < -0.39 is 20.4 Å². The standard InChI is InChI=1S/C20H26N2O5S/c1-12(20-9-13-5-14(10-20)7-15(6-13)11-20)21-19(23)16-3-4-18(28(2,26)27)17(8-16)22(24)25/h3-4,8,12-15H,5-7,9-11H2,1-2H3,(H,21,23). The van der Waals surface area contributed by atoms with Crippen LogP contribution in [0.4, 0.5) is 5.69 Å². The fourth-order valence-corrected chi connectivity index (χ4v) is 7.08. The predicted octanol–water partition coefficient (Wildman–Crippen LogP) is 3.33. The molecule has 1 N–H and O–H groups in total. The van der Waals surface area contributed by atoms with Crippen molar-refractivity contribution in [3.05, 3.63) is 33.9 Å². The van der Waals surface area contributed by atoms with Crippen molar-refractivity contribution in [1.82, 2.24) is 5.32 Å². The maximum atomic E-state index is 12.8. The predicted molar refractivity (Wildman–Crippen MR) is 104 cm³/mol. The Morgan fingerprint density at radius 2 is 1.71 bits per heavy atom. The lowest BCUT2D eigenvalue weighted by Crippen LogP contribution is -2.55. The van der Waals surface area contributed by atoms with Crippen LogP contribution in [0.1, 0.15) is 55.8 Å². The Morgan fingerprint density at radius 3 is 2.18 bits per heavy atom. The Hall–Kier alpha value is -1.96. The highest BCUT2D eigenvalue weighted by atomic mass is 32.2. The smallest absolute Gasteiger partial charge is 0.288 e. The van der Waals surface area contributed by atoms with Crippen LogP contribution in [0.5, 0.6) is 0 Å². The first-order valence-electron chi connectivity index (χ1n) is 9.87. The number of benzene rings is 1. The maximum absolute atomic E-state index is 12.8. The summed E-state index contributed by atoms with van der Waals surface area (Å²) in [6.45, 7) is 2.05. The molecule has 8 heteroatoms. The second kappa shape index (κ2) is 6.54. The van der Waals surface area contributed by atoms with Gasteiger partial charge in [0.05, 0.1) is 4.92 Å². The number of carbonyl (C=O) groups excluding carboxylic acids is 1. The van der Waals surface area contributed by atoms with Gasteiger partial charge in [0.25, 0.3) is 11.6 Å². The van der Waals surface area contributed by atoms with Crippen molar-refractivity contribution in [3.8, 4) is 0 Å². The third-order valence-corrected chi connectivity index (χ3v) is 8.31. The van der Waals surface area contributed by atoms with Gasteiger partial charge in [0.1, 0.15) is 4.90 Å². The second-order valence-corrected chi connectivity index (χ2v) is 11.2. The Labute approximate surface area is 165 Å². The summed E-state index contributed by atoms with van der Waals surface area (Å²) in [4.78, 5) is 23.0. The largest absolute Gasteiger partial charge is 0.349 e. The fraction of sp³-hybridized carbons (Fsp3) is 0.650. The van der Waals surface area contributed by atoms with Gasteiger partial charge in [0.15, 0.2) is 9.84 Å². The van der Waals surface area contributed by atoms with E-state index in [1.807, 2.05) is 6.92 Å². The Bertz CT molecular complexity index is 905. The van der Waals surface area contributed by atoms with Gasteiger partial charge in [-0.05, 0) is 80.8 Å². The van der Waals surface area contributed by atoms with Crippen LogP contribution in [-0.4, -0.2) is 31.5 Å². The molecule has 4 saturated carbocycles. The van der Waals surface area contributed by atoms with E-state index in [1.165, 1.54) is 25.3 Å². The molecule has 4 aliphatic rings. The minimum Gasteiger partial charge on any atom is -0.349 e. The molecule has 0 aliphatic heterocycles. The van der Waals surface area contributed by atoms with Crippen LogP contribution in [0, 0.1) is 33.3 Å². The van der Waals surface area contributed by atoms with Crippen LogP contribution in [0.2, 0.25) is 0 Å². The number of carbonyl (C=O) groups is 1. The van der Waals surface area contributed by atoms with Gasteiger partial charge < -0.3 is 5.32 Å². The van der Waals surface area contributed by atoms with E-state index in [2.05, 4.69) is 5.32 Å². The summed E-state index contributed by atoms with van der Waals surface area (Å²) in [7, 11) is -3.75. The summed E-state index contributed by atoms with van der Waals surface area (Å²) in [5, 5.41) is 14.4. The number of nitrogens with zero attached hydrogens (tertiary/aromatic N) is 1. The van der Waals surface area contributed by atoms with Crippen LogP contribution in [0.25, 0.3) is 0 Å². The third-order valence-electron chi connectivity index (χ3n) is 7.17. The zero-order valence-corrected chi connectivity index (χ0v) is 17.0. The molecule has 0 heterocycles. The van der Waals surface area contributed by atoms with Gasteiger partial charge >= 0.3 is 0 Å². The van der Waals surface area contributed by atoms with Gasteiger partial charge in [-0.25, -0.2) is 8.42 Å². The average Bonchev–Trinajstić information content (AvgIpc) is 2.59. The molecule has 0 spiro atoms. The van der Waals surface area contributed by atoms with Crippen molar-refractivity contribution in [1.29, 1.82) is 0 Å². The number of amides is 1. The summed E-state index contributed by atoms with van der Waals surface area (Å²) in [5.74, 6) is 1.91. The molecule has 1 amide bonds. The molecule has 152 valence electrons. The minimum atomic E-state index is -3.75. The van der Waals surface area contributed by atoms with Crippen LogP contribution in [0.15, 0.2) is 23.1 Å².